The molecule has 1 atom stereocenters. The quantitative estimate of drug-likeness (QED) is 0.449. The molecule has 0 saturated carbocycles. The number of carbonyl (C=O) groups excluding carboxylic acids is 4. The summed E-state index contributed by atoms with van der Waals surface area (Å²) >= 11 is 0. The standard InChI is InChI=1S/C23H24N2O5/c1-23(2,3)24-18-13-20(27)25(21(18)28)17-11-9-16(10-12-17)22(29)30-14-19(26)15-7-5-4-6-8-15/h4-12,18,24H,13-14H2,1-3H3. The van der Waals surface area contributed by atoms with E-state index >= 15 is 0 Å². The number of esters is 1. The first-order valence-corrected chi connectivity index (χ1v) is 9.65. The number of hydrogen-bond acceptors (Lipinski definition) is 6. The molecule has 0 spiro atoms. The summed E-state index contributed by atoms with van der Waals surface area (Å²) in [4.78, 5) is 50.4. The molecule has 0 aromatic heterocycles. The minimum atomic E-state index is -0.655. The van der Waals surface area contributed by atoms with Gasteiger partial charge in [0.2, 0.25) is 5.91 Å². The van der Waals surface area contributed by atoms with E-state index in [1.54, 1.807) is 30.3 Å². The number of imide groups is 1. The molecule has 30 heavy (non-hydrogen) atoms. The number of amides is 2. The molecule has 1 saturated heterocycles. The van der Waals surface area contributed by atoms with Crippen LogP contribution in [0.4, 0.5) is 5.69 Å². The van der Waals surface area contributed by atoms with Crippen LogP contribution in [0.5, 0.6) is 0 Å². The van der Waals surface area contributed by atoms with E-state index in [2.05, 4.69) is 5.32 Å². The molecule has 0 aliphatic carbocycles. The molecule has 1 aliphatic rings. The summed E-state index contributed by atoms with van der Waals surface area (Å²) in [5.74, 6) is -1.58. The molecule has 1 N–H and O–H groups in total. The van der Waals surface area contributed by atoms with Crippen LogP contribution in [0.1, 0.15) is 47.9 Å². The molecule has 2 amide bonds. The van der Waals surface area contributed by atoms with E-state index in [-0.39, 0.29) is 41.7 Å². The lowest BCUT2D eigenvalue weighted by Crippen LogP contribution is -2.47. The molecule has 1 heterocycles. The SMILES string of the molecule is CC(C)(C)NC1CC(=O)N(c2ccc(C(=O)OCC(=O)c3ccccc3)cc2)C1=O. The highest BCUT2D eigenvalue weighted by atomic mass is 16.5. The van der Waals surface area contributed by atoms with Gasteiger partial charge in [-0.2, -0.15) is 0 Å². The van der Waals surface area contributed by atoms with E-state index in [9.17, 15) is 19.2 Å². The van der Waals surface area contributed by atoms with Crippen LogP contribution in [0.15, 0.2) is 54.6 Å². The number of nitrogens with zero attached hydrogens (tertiary/aromatic N) is 1. The summed E-state index contributed by atoms with van der Waals surface area (Å²) in [5.41, 5.74) is 0.773. The molecule has 7 heteroatoms. The second-order valence-electron chi connectivity index (χ2n) is 8.13. The predicted octanol–water partition coefficient (Wildman–Crippen LogP) is 2.75. The van der Waals surface area contributed by atoms with E-state index in [0.29, 0.717) is 11.3 Å². The summed E-state index contributed by atoms with van der Waals surface area (Å²) in [6.07, 6.45) is 0.0848. The first-order chi connectivity index (χ1) is 14.2. The molecule has 2 aromatic rings. The topological polar surface area (TPSA) is 92.8 Å². The fourth-order valence-electron chi connectivity index (χ4n) is 3.21. The summed E-state index contributed by atoms with van der Waals surface area (Å²) in [7, 11) is 0. The number of rotatable bonds is 6. The van der Waals surface area contributed by atoms with Gasteiger partial charge in [0.15, 0.2) is 12.4 Å². The Labute approximate surface area is 175 Å². The van der Waals surface area contributed by atoms with Gasteiger partial charge >= 0.3 is 5.97 Å². The molecule has 7 nitrogen and oxygen atoms in total. The number of ketones is 1. The zero-order chi connectivity index (χ0) is 21.9. The number of carbonyl (C=O) groups is 4. The van der Waals surface area contributed by atoms with Crippen LogP contribution in [0, 0.1) is 0 Å². The van der Waals surface area contributed by atoms with Crippen molar-refractivity contribution in [3.8, 4) is 0 Å². The number of Topliss-reactive ketones (excluding diaryl/α,β-unsaturated/α-hetero) is 1. The third-order valence-electron chi connectivity index (χ3n) is 4.55. The Bertz CT molecular complexity index is 961. The Kier molecular flexibility index (Phi) is 6.12. The van der Waals surface area contributed by atoms with Gasteiger partial charge in [0.25, 0.3) is 5.91 Å². The van der Waals surface area contributed by atoms with Gasteiger partial charge in [-0.25, -0.2) is 9.69 Å². The maximum atomic E-state index is 12.6. The van der Waals surface area contributed by atoms with Crippen molar-refractivity contribution in [2.24, 2.45) is 0 Å². The van der Waals surface area contributed by atoms with Crippen LogP contribution in [0.2, 0.25) is 0 Å². The van der Waals surface area contributed by atoms with Crippen LogP contribution < -0.4 is 10.2 Å². The minimum absolute atomic E-state index is 0.0848. The molecule has 3 rings (SSSR count). The smallest absolute Gasteiger partial charge is 0.338 e. The van der Waals surface area contributed by atoms with Crippen molar-refractivity contribution in [2.75, 3.05) is 11.5 Å². The van der Waals surface area contributed by atoms with Gasteiger partial charge in [-0.05, 0) is 45.0 Å². The molecular weight excluding hydrogens is 384 g/mol. The van der Waals surface area contributed by atoms with Crippen molar-refractivity contribution >= 4 is 29.3 Å². The van der Waals surface area contributed by atoms with Gasteiger partial charge in [0.05, 0.1) is 23.7 Å². The average molecular weight is 408 g/mol. The summed E-state index contributed by atoms with van der Waals surface area (Å²) in [6.45, 7) is 5.41. The number of ether oxygens (including phenoxy) is 1. The van der Waals surface area contributed by atoms with E-state index in [1.165, 1.54) is 24.3 Å². The van der Waals surface area contributed by atoms with Crippen LogP contribution in [-0.4, -0.2) is 41.8 Å². The molecular formula is C23H24N2O5. The molecule has 156 valence electrons. The van der Waals surface area contributed by atoms with E-state index in [1.807, 2.05) is 20.8 Å². The summed E-state index contributed by atoms with van der Waals surface area (Å²) < 4.78 is 5.08. The average Bonchev–Trinajstić information content (AvgIpc) is 2.98. The maximum Gasteiger partial charge on any atom is 0.338 e. The third kappa shape index (κ3) is 4.99. The number of nitrogens with one attached hydrogen (secondary N) is 1. The fourth-order valence-corrected chi connectivity index (χ4v) is 3.21. The van der Waals surface area contributed by atoms with E-state index in [0.717, 1.165) is 4.90 Å². The zero-order valence-corrected chi connectivity index (χ0v) is 17.2. The van der Waals surface area contributed by atoms with Crippen molar-refractivity contribution in [3.05, 3.63) is 65.7 Å². The van der Waals surface area contributed by atoms with Crippen molar-refractivity contribution in [3.63, 3.8) is 0 Å². The van der Waals surface area contributed by atoms with Gasteiger partial charge in [0, 0.05) is 11.1 Å². The van der Waals surface area contributed by atoms with Gasteiger partial charge in [0.1, 0.15) is 0 Å². The molecule has 1 fully saturated rings. The van der Waals surface area contributed by atoms with Crippen molar-refractivity contribution in [2.45, 2.75) is 38.8 Å². The Hall–Kier alpha value is -3.32. The van der Waals surface area contributed by atoms with Crippen LogP contribution in [0.3, 0.4) is 0 Å². The summed E-state index contributed by atoms with van der Waals surface area (Å²) in [6, 6.07) is 14.0. The highest BCUT2D eigenvalue weighted by Crippen LogP contribution is 2.24. The molecule has 0 bridgehead atoms. The second-order valence-corrected chi connectivity index (χ2v) is 8.13. The zero-order valence-electron chi connectivity index (χ0n) is 17.2. The van der Waals surface area contributed by atoms with Gasteiger partial charge in [-0.1, -0.05) is 30.3 Å². The Balaban J connectivity index is 1.63. The van der Waals surface area contributed by atoms with Crippen LogP contribution >= 0.6 is 0 Å². The summed E-state index contributed by atoms with van der Waals surface area (Å²) in [5, 5.41) is 3.15. The van der Waals surface area contributed by atoms with Crippen molar-refractivity contribution in [1.29, 1.82) is 0 Å². The molecule has 2 aromatic carbocycles. The molecule has 1 aliphatic heterocycles. The number of benzene rings is 2. The monoisotopic (exact) mass is 408 g/mol. The van der Waals surface area contributed by atoms with E-state index in [4.69, 9.17) is 4.74 Å². The predicted molar refractivity (Wildman–Crippen MR) is 111 cm³/mol. The molecule has 1 unspecified atom stereocenters. The van der Waals surface area contributed by atoms with Gasteiger partial charge in [-0.3, -0.25) is 14.4 Å². The first kappa shape index (κ1) is 21.4. The van der Waals surface area contributed by atoms with Crippen LogP contribution in [-0.2, 0) is 14.3 Å². The Morgan fingerprint density at radius 1 is 1.00 bits per heavy atom. The van der Waals surface area contributed by atoms with Crippen LogP contribution in [0.25, 0.3) is 0 Å². The minimum Gasteiger partial charge on any atom is -0.454 e. The normalized spacial score (nSPS) is 16.6. The van der Waals surface area contributed by atoms with E-state index < -0.39 is 12.0 Å². The van der Waals surface area contributed by atoms with Gasteiger partial charge in [-0.15, -0.1) is 0 Å². The van der Waals surface area contributed by atoms with Crippen molar-refractivity contribution < 1.29 is 23.9 Å². The maximum absolute atomic E-state index is 12.6. The number of anilines is 1. The highest BCUT2D eigenvalue weighted by Gasteiger charge is 2.40. The fraction of sp³-hybridized carbons (Fsp3) is 0.304. The van der Waals surface area contributed by atoms with Gasteiger partial charge < -0.3 is 10.1 Å². The lowest BCUT2D eigenvalue weighted by Gasteiger charge is -2.24. The lowest BCUT2D eigenvalue weighted by atomic mass is 10.1. The number of hydrogen-bond donors (Lipinski definition) is 1. The largest absolute Gasteiger partial charge is 0.454 e. The lowest BCUT2D eigenvalue weighted by molar-refractivity contribution is -0.121. The highest BCUT2D eigenvalue weighted by molar-refractivity contribution is 6.22. The Morgan fingerprint density at radius 3 is 2.23 bits per heavy atom. The Morgan fingerprint density at radius 2 is 1.63 bits per heavy atom. The second kappa shape index (κ2) is 8.59. The van der Waals surface area contributed by atoms with Crippen molar-refractivity contribution in [1.82, 2.24) is 5.32 Å². The molecule has 0 radical (unpaired) electrons. The first-order valence-electron chi connectivity index (χ1n) is 9.65. The third-order valence-corrected chi connectivity index (χ3v) is 4.55.